The Balaban J connectivity index is 3.34. The molecule has 6 heteroatoms. The van der Waals surface area contributed by atoms with Crippen LogP contribution in [0.3, 0.4) is 0 Å². The molecule has 0 aliphatic rings. The molecule has 15 heavy (non-hydrogen) atoms. The minimum absolute atomic E-state index is 0.326. The zero-order valence-corrected chi connectivity index (χ0v) is 11.4. The van der Waals surface area contributed by atoms with E-state index in [4.69, 9.17) is 33.2 Å². The highest BCUT2D eigenvalue weighted by Crippen LogP contribution is 2.18. The zero-order valence-electron chi connectivity index (χ0n) is 8.88. The summed E-state index contributed by atoms with van der Waals surface area (Å²) in [7, 11) is -3.14. The smallest absolute Gasteiger partial charge is 0.423 e. The predicted octanol–water partition coefficient (Wildman–Crippen LogP) is 1.22. The number of halogens is 2. The van der Waals surface area contributed by atoms with Gasteiger partial charge in [-0.15, -0.1) is 0 Å². The third-order valence-electron chi connectivity index (χ3n) is 2.11. The molecule has 0 aromatic heterocycles. The molecule has 0 atom stereocenters. The quantitative estimate of drug-likeness (QED) is 0.787. The Morgan fingerprint density at radius 2 is 1.47 bits per heavy atom. The first-order valence-electron chi connectivity index (χ1n) is 4.59. The van der Waals surface area contributed by atoms with E-state index in [2.05, 4.69) is 19.6 Å². The van der Waals surface area contributed by atoms with Crippen LogP contribution in [0.2, 0.25) is 29.7 Å². The Morgan fingerprint density at radius 3 is 1.73 bits per heavy atom. The van der Waals surface area contributed by atoms with Crippen LogP contribution >= 0.6 is 23.2 Å². The molecule has 2 nitrogen and oxygen atoms in total. The lowest BCUT2D eigenvalue weighted by atomic mass is 9.80. The van der Waals surface area contributed by atoms with Gasteiger partial charge in [0.25, 0.3) is 0 Å². The van der Waals surface area contributed by atoms with Gasteiger partial charge in [0.1, 0.15) is 0 Å². The van der Waals surface area contributed by atoms with Crippen LogP contribution in [0.15, 0.2) is 12.1 Å². The van der Waals surface area contributed by atoms with Gasteiger partial charge in [-0.05, 0) is 22.8 Å². The molecule has 2 N–H and O–H groups in total. The van der Waals surface area contributed by atoms with E-state index in [1.807, 2.05) is 0 Å². The number of rotatable bonds is 2. The standard InChI is InChI=1S/C9H13BCl2O2Si/c1-15(2,3)9-7(11)4-6(10(13)14)5-8(9)12/h4-5,13-14H,1-3H3. The van der Waals surface area contributed by atoms with Gasteiger partial charge in [-0.2, -0.15) is 0 Å². The van der Waals surface area contributed by atoms with Crippen molar-refractivity contribution >= 4 is 49.0 Å². The lowest BCUT2D eigenvalue weighted by Crippen LogP contribution is -2.41. The molecule has 0 spiro atoms. The second kappa shape index (κ2) is 4.47. The van der Waals surface area contributed by atoms with Crippen LogP contribution in [0, 0.1) is 0 Å². The van der Waals surface area contributed by atoms with Gasteiger partial charge in [0.15, 0.2) is 0 Å². The van der Waals surface area contributed by atoms with Gasteiger partial charge in [0.2, 0.25) is 0 Å². The van der Waals surface area contributed by atoms with E-state index in [-0.39, 0.29) is 0 Å². The number of hydrogen-bond donors (Lipinski definition) is 2. The largest absolute Gasteiger partial charge is 0.488 e. The molecule has 0 amide bonds. The molecule has 0 aliphatic heterocycles. The average Bonchev–Trinajstić information content (AvgIpc) is 1.99. The Hall–Kier alpha value is 0.00182. The van der Waals surface area contributed by atoms with Crippen LogP contribution < -0.4 is 10.6 Å². The molecule has 0 aliphatic carbocycles. The monoisotopic (exact) mass is 262 g/mol. The molecule has 82 valence electrons. The van der Waals surface area contributed by atoms with Crippen molar-refractivity contribution in [3.63, 3.8) is 0 Å². The SMILES string of the molecule is C[Si](C)(C)c1c(Cl)cc(B(O)O)cc1Cl. The van der Waals surface area contributed by atoms with E-state index >= 15 is 0 Å². The number of benzene rings is 1. The van der Waals surface area contributed by atoms with Gasteiger partial charge < -0.3 is 10.0 Å². The van der Waals surface area contributed by atoms with Crippen LogP contribution in [0.5, 0.6) is 0 Å². The Kier molecular flexibility index (Phi) is 3.90. The summed E-state index contributed by atoms with van der Waals surface area (Å²) in [6.45, 7) is 6.40. The second-order valence-electron chi connectivity index (χ2n) is 4.48. The predicted molar refractivity (Wildman–Crippen MR) is 69.3 cm³/mol. The molecule has 0 saturated carbocycles. The first-order chi connectivity index (χ1) is 6.73. The summed E-state index contributed by atoms with van der Waals surface area (Å²) >= 11 is 12.2. The highest BCUT2D eigenvalue weighted by atomic mass is 35.5. The highest BCUT2D eigenvalue weighted by Gasteiger charge is 2.25. The van der Waals surface area contributed by atoms with Crippen molar-refractivity contribution in [2.75, 3.05) is 0 Å². The van der Waals surface area contributed by atoms with Crippen molar-refractivity contribution in [3.05, 3.63) is 22.2 Å². The third kappa shape index (κ3) is 2.98. The van der Waals surface area contributed by atoms with E-state index in [1.165, 1.54) is 0 Å². The van der Waals surface area contributed by atoms with Gasteiger partial charge >= 0.3 is 7.12 Å². The van der Waals surface area contributed by atoms with Crippen molar-refractivity contribution in [3.8, 4) is 0 Å². The van der Waals surface area contributed by atoms with E-state index in [0.717, 1.165) is 5.19 Å². The van der Waals surface area contributed by atoms with Crippen LogP contribution in [0.4, 0.5) is 0 Å². The Morgan fingerprint density at radius 1 is 1.07 bits per heavy atom. The summed E-state index contributed by atoms with van der Waals surface area (Å²) in [6, 6.07) is 3.12. The van der Waals surface area contributed by atoms with Crippen molar-refractivity contribution < 1.29 is 10.0 Å². The van der Waals surface area contributed by atoms with Gasteiger partial charge in [0.05, 0.1) is 8.07 Å². The summed E-state index contributed by atoms with van der Waals surface area (Å²) in [5.41, 5.74) is 0.326. The van der Waals surface area contributed by atoms with Crippen LogP contribution in [-0.4, -0.2) is 25.2 Å². The fourth-order valence-electron chi connectivity index (χ4n) is 1.46. The lowest BCUT2D eigenvalue weighted by molar-refractivity contribution is 0.426. The molecule has 0 fully saturated rings. The van der Waals surface area contributed by atoms with Crippen molar-refractivity contribution in [2.45, 2.75) is 19.6 Å². The van der Waals surface area contributed by atoms with Gasteiger partial charge in [-0.1, -0.05) is 42.8 Å². The van der Waals surface area contributed by atoms with Crippen molar-refractivity contribution in [1.82, 2.24) is 0 Å². The maximum Gasteiger partial charge on any atom is 0.488 e. The third-order valence-corrected chi connectivity index (χ3v) is 5.06. The molecular formula is C9H13BCl2O2Si. The van der Waals surface area contributed by atoms with Crippen LogP contribution in [0.25, 0.3) is 0 Å². The maximum absolute atomic E-state index is 9.02. The molecular weight excluding hydrogens is 250 g/mol. The maximum atomic E-state index is 9.02. The molecule has 0 saturated heterocycles. The summed E-state index contributed by atoms with van der Waals surface area (Å²) in [4.78, 5) is 0. The topological polar surface area (TPSA) is 40.5 Å². The summed E-state index contributed by atoms with van der Waals surface area (Å²) in [5, 5.41) is 20.0. The molecule has 1 aromatic rings. The average molecular weight is 263 g/mol. The van der Waals surface area contributed by atoms with E-state index in [1.54, 1.807) is 12.1 Å². The van der Waals surface area contributed by atoms with Crippen molar-refractivity contribution in [1.29, 1.82) is 0 Å². The zero-order chi connectivity index (χ0) is 11.8. The Bertz CT molecular complexity index is 354. The fraction of sp³-hybridized carbons (Fsp3) is 0.333. The first-order valence-corrected chi connectivity index (χ1v) is 8.84. The highest BCUT2D eigenvalue weighted by molar-refractivity contribution is 6.91. The first kappa shape index (κ1) is 13.1. The fourth-order valence-corrected chi connectivity index (χ4v) is 5.24. The van der Waals surface area contributed by atoms with E-state index in [0.29, 0.717) is 15.5 Å². The second-order valence-corrected chi connectivity index (χ2v) is 10.3. The van der Waals surface area contributed by atoms with Crippen LogP contribution in [-0.2, 0) is 0 Å². The summed E-state index contributed by atoms with van der Waals surface area (Å²) in [5.74, 6) is 0. The molecule has 0 bridgehead atoms. The minimum Gasteiger partial charge on any atom is -0.423 e. The van der Waals surface area contributed by atoms with E-state index in [9.17, 15) is 0 Å². The van der Waals surface area contributed by atoms with Crippen LogP contribution in [0.1, 0.15) is 0 Å². The number of hydrogen-bond acceptors (Lipinski definition) is 2. The lowest BCUT2D eigenvalue weighted by Gasteiger charge is -2.20. The normalized spacial score (nSPS) is 11.7. The molecule has 1 aromatic carbocycles. The Labute approximate surface area is 101 Å². The molecule has 0 unspecified atom stereocenters. The molecule has 0 radical (unpaired) electrons. The van der Waals surface area contributed by atoms with Gasteiger partial charge in [-0.25, -0.2) is 0 Å². The van der Waals surface area contributed by atoms with E-state index < -0.39 is 15.2 Å². The molecule has 1 rings (SSSR count). The molecule has 0 heterocycles. The van der Waals surface area contributed by atoms with Gasteiger partial charge in [0, 0.05) is 10.0 Å². The van der Waals surface area contributed by atoms with Gasteiger partial charge in [-0.3, -0.25) is 0 Å². The minimum atomic E-state index is -1.61. The summed E-state index contributed by atoms with van der Waals surface area (Å²) in [6.07, 6.45) is 0. The summed E-state index contributed by atoms with van der Waals surface area (Å²) < 4.78 is 0. The van der Waals surface area contributed by atoms with Crippen molar-refractivity contribution in [2.24, 2.45) is 0 Å².